The zero-order chi connectivity index (χ0) is 19.9. The zero-order valence-corrected chi connectivity index (χ0v) is 15.3. The number of carbonyl (C=O) groups is 2. The maximum Gasteiger partial charge on any atom is 0.635 e. The molecule has 0 fully saturated rings. The van der Waals surface area contributed by atoms with E-state index in [-0.39, 0.29) is 6.42 Å². The summed E-state index contributed by atoms with van der Waals surface area (Å²) in [6.07, 6.45) is -0.802. The molecule has 0 aromatic heterocycles. The van der Waals surface area contributed by atoms with E-state index in [9.17, 15) is 9.59 Å². The van der Waals surface area contributed by atoms with Crippen molar-refractivity contribution in [2.45, 2.75) is 26.5 Å². The molecular weight excluding hydrogens is 347 g/mol. The lowest BCUT2D eigenvalue weighted by molar-refractivity contribution is -0.140. The number of rotatable bonds is 8. The standard InChI is InChI=1S/C19H23BN2O5/c1-19(2,17(23)21-15-11-7-4-8-12-15)18(24)22-16(27-20(25)26)13-14-9-5-3-6-10-14/h3-12,16,25-26H,13H2,1-2H3,(H,21,23)(H,22,24)/t16-/m1/s1. The second-order valence-corrected chi connectivity index (χ2v) is 6.56. The number of para-hydroxylation sites is 1. The molecule has 8 heteroatoms. The highest BCUT2D eigenvalue weighted by Crippen LogP contribution is 2.20. The Morgan fingerprint density at radius 2 is 1.56 bits per heavy atom. The Bertz CT molecular complexity index is 753. The molecule has 0 radical (unpaired) electrons. The summed E-state index contributed by atoms with van der Waals surface area (Å²) in [5, 5.41) is 23.5. The van der Waals surface area contributed by atoms with Gasteiger partial charge < -0.3 is 25.3 Å². The summed E-state index contributed by atoms with van der Waals surface area (Å²) >= 11 is 0. The minimum atomic E-state index is -2.06. The van der Waals surface area contributed by atoms with Gasteiger partial charge in [-0.15, -0.1) is 0 Å². The molecule has 0 saturated carbocycles. The lowest BCUT2D eigenvalue weighted by atomic mass is 9.90. The lowest BCUT2D eigenvalue weighted by Gasteiger charge is -2.27. The van der Waals surface area contributed by atoms with Gasteiger partial charge in [-0.3, -0.25) is 9.59 Å². The van der Waals surface area contributed by atoms with Crippen LogP contribution in [-0.4, -0.2) is 35.4 Å². The van der Waals surface area contributed by atoms with Gasteiger partial charge in [-0.05, 0) is 31.5 Å². The molecule has 7 nitrogen and oxygen atoms in total. The first-order valence-electron chi connectivity index (χ1n) is 8.52. The summed E-state index contributed by atoms with van der Waals surface area (Å²) in [5.74, 6) is -1.09. The van der Waals surface area contributed by atoms with E-state index in [0.29, 0.717) is 5.69 Å². The van der Waals surface area contributed by atoms with Crippen LogP contribution in [0.1, 0.15) is 19.4 Å². The highest BCUT2D eigenvalue weighted by Gasteiger charge is 2.37. The summed E-state index contributed by atoms with van der Waals surface area (Å²) in [6, 6.07) is 17.9. The van der Waals surface area contributed by atoms with Gasteiger partial charge in [-0.25, -0.2) is 0 Å². The van der Waals surface area contributed by atoms with Gasteiger partial charge in [0.2, 0.25) is 11.8 Å². The molecule has 1 atom stereocenters. The van der Waals surface area contributed by atoms with Gasteiger partial charge in [0, 0.05) is 12.1 Å². The first-order chi connectivity index (χ1) is 12.8. The molecule has 142 valence electrons. The molecule has 27 heavy (non-hydrogen) atoms. The molecule has 2 aromatic rings. The summed E-state index contributed by atoms with van der Waals surface area (Å²) in [7, 11) is -2.06. The normalized spacial score (nSPS) is 12.1. The van der Waals surface area contributed by atoms with Crippen LogP contribution in [0.5, 0.6) is 0 Å². The number of anilines is 1. The van der Waals surface area contributed by atoms with Crippen LogP contribution in [0.4, 0.5) is 5.69 Å². The van der Waals surface area contributed by atoms with Crippen LogP contribution in [0.25, 0.3) is 0 Å². The fraction of sp³-hybridized carbons (Fsp3) is 0.263. The summed E-state index contributed by atoms with van der Waals surface area (Å²) in [4.78, 5) is 25.2. The van der Waals surface area contributed by atoms with Crippen molar-refractivity contribution in [1.82, 2.24) is 5.32 Å². The Labute approximate surface area is 158 Å². The number of nitrogens with one attached hydrogen (secondary N) is 2. The Morgan fingerprint density at radius 1 is 1.00 bits per heavy atom. The van der Waals surface area contributed by atoms with Gasteiger partial charge in [-0.1, -0.05) is 48.5 Å². The lowest BCUT2D eigenvalue weighted by Crippen LogP contribution is -2.51. The fourth-order valence-corrected chi connectivity index (χ4v) is 2.35. The van der Waals surface area contributed by atoms with Gasteiger partial charge in [0.05, 0.1) is 0 Å². The topological polar surface area (TPSA) is 108 Å². The van der Waals surface area contributed by atoms with E-state index in [1.807, 2.05) is 36.4 Å². The zero-order valence-electron chi connectivity index (χ0n) is 15.3. The van der Waals surface area contributed by atoms with E-state index in [4.69, 9.17) is 14.7 Å². The van der Waals surface area contributed by atoms with E-state index >= 15 is 0 Å². The molecule has 0 aliphatic heterocycles. The van der Waals surface area contributed by atoms with Gasteiger partial charge in [0.1, 0.15) is 11.6 Å². The number of benzene rings is 2. The first-order valence-corrected chi connectivity index (χ1v) is 8.52. The minimum Gasteiger partial charge on any atom is -0.402 e. The van der Waals surface area contributed by atoms with Crippen molar-refractivity contribution in [3.05, 3.63) is 66.2 Å². The summed E-state index contributed by atoms with van der Waals surface area (Å²) in [6.45, 7) is 2.96. The molecular formula is C19H23BN2O5. The maximum absolute atomic E-state index is 12.7. The molecule has 4 N–H and O–H groups in total. The molecule has 0 heterocycles. The van der Waals surface area contributed by atoms with E-state index in [0.717, 1.165) is 5.56 Å². The monoisotopic (exact) mass is 370 g/mol. The van der Waals surface area contributed by atoms with Crippen LogP contribution in [-0.2, 0) is 20.7 Å². The molecule has 2 amide bonds. The minimum absolute atomic E-state index is 0.209. The quantitative estimate of drug-likeness (QED) is 0.319. The van der Waals surface area contributed by atoms with Crippen molar-refractivity contribution in [3.8, 4) is 0 Å². The van der Waals surface area contributed by atoms with Crippen molar-refractivity contribution >= 4 is 24.8 Å². The molecule has 0 aliphatic rings. The molecule has 0 aliphatic carbocycles. The third-order valence-corrected chi connectivity index (χ3v) is 4.01. The van der Waals surface area contributed by atoms with Crippen LogP contribution in [0.2, 0.25) is 0 Å². The second-order valence-electron chi connectivity index (χ2n) is 6.56. The van der Waals surface area contributed by atoms with Gasteiger partial charge >= 0.3 is 7.32 Å². The third kappa shape index (κ3) is 6.21. The molecule has 0 saturated heterocycles. The van der Waals surface area contributed by atoms with Gasteiger partial charge in [0.25, 0.3) is 0 Å². The largest absolute Gasteiger partial charge is 0.635 e. The fourth-order valence-electron chi connectivity index (χ4n) is 2.35. The molecule has 2 aromatic carbocycles. The molecule has 2 rings (SSSR count). The predicted molar refractivity (Wildman–Crippen MR) is 102 cm³/mol. The van der Waals surface area contributed by atoms with Crippen molar-refractivity contribution in [3.63, 3.8) is 0 Å². The van der Waals surface area contributed by atoms with Gasteiger partial charge in [0.15, 0.2) is 0 Å². The number of hydrogen-bond acceptors (Lipinski definition) is 5. The second kappa shape index (κ2) is 9.32. The van der Waals surface area contributed by atoms with E-state index < -0.39 is 30.8 Å². The van der Waals surface area contributed by atoms with Crippen molar-refractivity contribution in [2.24, 2.45) is 5.41 Å². The van der Waals surface area contributed by atoms with Crippen LogP contribution in [0.15, 0.2) is 60.7 Å². The number of hydrogen-bond donors (Lipinski definition) is 4. The van der Waals surface area contributed by atoms with E-state index in [1.54, 1.807) is 24.3 Å². The van der Waals surface area contributed by atoms with Crippen molar-refractivity contribution in [1.29, 1.82) is 0 Å². The summed E-state index contributed by atoms with van der Waals surface area (Å²) in [5.41, 5.74) is -0.00427. The summed E-state index contributed by atoms with van der Waals surface area (Å²) < 4.78 is 4.97. The van der Waals surface area contributed by atoms with Crippen LogP contribution < -0.4 is 10.6 Å². The van der Waals surface area contributed by atoms with Gasteiger partial charge in [-0.2, -0.15) is 0 Å². The molecule has 0 bridgehead atoms. The van der Waals surface area contributed by atoms with E-state index in [2.05, 4.69) is 10.6 Å². The van der Waals surface area contributed by atoms with Crippen molar-refractivity contribution in [2.75, 3.05) is 5.32 Å². The van der Waals surface area contributed by atoms with Crippen LogP contribution in [0.3, 0.4) is 0 Å². The first kappa shape index (κ1) is 20.6. The third-order valence-electron chi connectivity index (χ3n) is 4.01. The predicted octanol–water partition coefficient (Wildman–Crippen LogP) is 1.32. The Morgan fingerprint density at radius 3 is 2.11 bits per heavy atom. The Kier molecular flexibility index (Phi) is 7.12. The van der Waals surface area contributed by atoms with Crippen molar-refractivity contribution < 1.29 is 24.3 Å². The molecule has 0 unspecified atom stereocenters. The average Bonchev–Trinajstić information content (AvgIpc) is 2.62. The average molecular weight is 370 g/mol. The van der Waals surface area contributed by atoms with Crippen LogP contribution >= 0.6 is 0 Å². The Balaban J connectivity index is 2.06. The van der Waals surface area contributed by atoms with Crippen LogP contribution in [0, 0.1) is 5.41 Å². The number of carbonyl (C=O) groups excluding carboxylic acids is 2. The molecule has 0 spiro atoms. The maximum atomic E-state index is 12.7. The SMILES string of the molecule is CC(C)(C(=O)Nc1ccccc1)C(=O)N[C@@H](Cc1ccccc1)OB(O)O. The number of amides is 2. The highest BCUT2D eigenvalue weighted by molar-refractivity contribution is 6.32. The smallest absolute Gasteiger partial charge is 0.402 e. The van der Waals surface area contributed by atoms with E-state index in [1.165, 1.54) is 13.8 Å². The Hall–Kier alpha value is -2.68. The highest BCUT2D eigenvalue weighted by atomic mass is 16.6.